The van der Waals surface area contributed by atoms with E-state index in [2.05, 4.69) is 24.1 Å². The zero-order chi connectivity index (χ0) is 14.7. The molecule has 1 unspecified atom stereocenters. The predicted molar refractivity (Wildman–Crippen MR) is 81.4 cm³/mol. The van der Waals surface area contributed by atoms with Gasteiger partial charge in [-0.1, -0.05) is 31.5 Å². The fourth-order valence-corrected chi connectivity index (χ4v) is 3.01. The minimum Gasteiger partial charge on any atom is -0.362 e. The second kappa shape index (κ2) is 6.19. The van der Waals surface area contributed by atoms with Crippen molar-refractivity contribution in [3.8, 4) is 0 Å². The van der Waals surface area contributed by atoms with Gasteiger partial charge in [0.25, 0.3) is 5.69 Å². The summed E-state index contributed by atoms with van der Waals surface area (Å²) in [5.41, 5.74) is -0.0683. The van der Waals surface area contributed by atoms with E-state index >= 15 is 0 Å². The van der Waals surface area contributed by atoms with Crippen LogP contribution in [0.25, 0.3) is 0 Å². The number of anilines is 1. The number of hydrogen-bond acceptors (Lipinski definition) is 5. The second-order valence-electron chi connectivity index (χ2n) is 4.67. The first kappa shape index (κ1) is 14.7. The van der Waals surface area contributed by atoms with Crippen molar-refractivity contribution in [2.75, 3.05) is 5.32 Å². The number of rotatable bonds is 5. The molecule has 5 nitrogen and oxygen atoms in total. The molecule has 7 heteroatoms. The third kappa shape index (κ3) is 3.46. The first-order valence-electron chi connectivity index (χ1n) is 6.09. The highest BCUT2D eigenvalue weighted by Crippen LogP contribution is 2.30. The molecular formula is C13H14ClN3O2S. The Morgan fingerprint density at radius 3 is 2.75 bits per heavy atom. The molecule has 0 aliphatic carbocycles. The number of halogens is 1. The SMILES string of the molecule is CC(C)C(Nc1cc([N+](=O)[O-])cc(Cl)n1)c1cccs1. The van der Waals surface area contributed by atoms with Gasteiger partial charge in [-0.3, -0.25) is 10.1 Å². The fraction of sp³-hybridized carbons (Fsp3) is 0.308. The van der Waals surface area contributed by atoms with E-state index in [1.165, 1.54) is 12.1 Å². The van der Waals surface area contributed by atoms with E-state index in [1.807, 2.05) is 17.5 Å². The van der Waals surface area contributed by atoms with Crippen LogP contribution in [-0.2, 0) is 0 Å². The summed E-state index contributed by atoms with van der Waals surface area (Å²) >= 11 is 7.47. The van der Waals surface area contributed by atoms with Gasteiger partial charge in [-0.05, 0) is 17.4 Å². The lowest BCUT2D eigenvalue weighted by Crippen LogP contribution is -2.16. The largest absolute Gasteiger partial charge is 0.362 e. The molecule has 0 spiro atoms. The molecule has 0 amide bonds. The summed E-state index contributed by atoms with van der Waals surface area (Å²) < 4.78 is 0. The average molecular weight is 312 g/mol. The van der Waals surface area contributed by atoms with E-state index in [-0.39, 0.29) is 16.9 Å². The lowest BCUT2D eigenvalue weighted by molar-refractivity contribution is -0.384. The van der Waals surface area contributed by atoms with Gasteiger partial charge in [-0.2, -0.15) is 0 Å². The fourth-order valence-electron chi connectivity index (χ4n) is 1.86. The topological polar surface area (TPSA) is 68.1 Å². The molecule has 1 N–H and O–H groups in total. The smallest absolute Gasteiger partial charge is 0.276 e. The Morgan fingerprint density at radius 2 is 2.20 bits per heavy atom. The lowest BCUT2D eigenvalue weighted by Gasteiger charge is -2.21. The number of pyridine rings is 1. The van der Waals surface area contributed by atoms with Gasteiger partial charge in [-0.25, -0.2) is 4.98 Å². The van der Waals surface area contributed by atoms with Gasteiger partial charge in [0, 0.05) is 4.88 Å². The number of aromatic nitrogens is 1. The molecular weight excluding hydrogens is 298 g/mol. The first-order valence-corrected chi connectivity index (χ1v) is 7.35. The highest BCUT2D eigenvalue weighted by molar-refractivity contribution is 7.10. The Balaban J connectivity index is 2.29. The van der Waals surface area contributed by atoms with Crippen LogP contribution >= 0.6 is 22.9 Å². The summed E-state index contributed by atoms with van der Waals surface area (Å²) in [5.74, 6) is 0.727. The zero-order valence-corrected chi connectivity index (χ0v) is 12.6. The van der Waals surface area contributed by atoms with E-state index in [4.69, 9.17) is 11.6 Å². The molecule has 0 aliphatic rings. The van der Waals surface area contributed by atoms with E-state index in [0.29, 0.717) is 11.7 Å². The Hall–Kier alpha value is -1.66. The van der Waals surface area contributed by atoms with Gasteiger partial charge in [0.15, 0.2) is 0 Å². The monoisotopic (exact) mass is 311 g/mol. The molecule has 0 saturated heterocycles. The molecule has 0 aliphatic heterocycles. The number of nitrogens with zero attached hydrogens (tertiary/aromatic N) is 2. The van der Waals surface area contributed by atoms with Crippen LogP contribution < -0.4 is 5.32 Å². The Bertz CT molecular complexity index is 602. The van der Waals surface area contributed by atoms with E-state index < -0.39 is 4.92 Å². The minimum absolute atomic E-state index is 0.0422. The number of nitro groups is 1. The highest BCUT2D eigenvalue weighted by atomic mass is 35.5. The van der Waals surface area contributed by atoms with Crippen molar-refractivity contribution in [2.24, 2.45) is 5.92 Å². The molecule has 106 valence electrons. The van der Waals surface area contributed by atoms with Crippen LogP contribution in [0.2, 0.25) is 5.15 Å². The average Bonchev–Trinajstić information content (AvgIpc) is 2.88. The van der Waals surface area contributed by atoms with E-state index in [9.17, 15) is 10.1 Å². The molecule has 2 rings (SSSR count). The van der Waals surface area contributed by atoms with Crippen LogP contribution in [-0.4, -0.2) is 9.91 Å². The summed E-state index contributed by atoms with van der Waals surface area (Å²) in [5, 5.41) is 16.2. The number of thiophene rings is 1. The molecule has 0 fully saturated rings. The zero-order valence-electron chi connectivity index (χ0n) is 11.0. The van der Waals surface area contributed by atoms with Crippen molar-refractivity contribution in [1.82, 2.24) is 4.98 Å². The van der Waals surface area contributed by atoms with Gasteiger partial charge >= 0.3 is 0 Å². The summed E-state index contributed by atoms with van der Waals surface area (Å²) in [6, 6.07) is 6.68. The standard InChI is InChI=1S/C13H14ClN3O2S/c1-8(2)13(10-4-3-5-20-10)16-12-7-9(17(18)19)6-11(14)15-12/h3-8,13H,1-2H3,(H,15,16). The predicted octanol–water partition coefficient (Wildman–Crippen LogP) is 4.51. The van der Waals surface area contributed by atoms with Crippen molar-refractivity contribution in [1.29, 1.82) is 0 Å². The summed E-state index contributed by atoms with van der Waals surface area (Å²) in [6.07, 6.45) is 0. The van der Waals surface area contributed by atoms with Crippen molar-refractivity contribution in [2.45, 2.75) is 19.9 Å². The Labute approximate surface area is 125 Å². The molecule has 2 aromatic rings. The molecule has 2 heterocycles. The Kier molecular flexibility index (Phi) is 4.57. The van der Waals surface area contributed by atoms with Gasteiger partial charge < -0.3 is 5.32 Å². The van der Waals surface area contributed by atoms with Crippen molar-refractivity contribution in [3.05, 3.63) is 49.8 Å². The van der Waals surface area contributed by atoms with Crippen LogP contribution in [0.5, 0.6) is 0 Å². The molecule has 0 bridgehead atoms. The maximum absolute atomic E-state index is 10.8. The summed E-state index contributed by atoms with van der Waals surface area (Å²) in [6.45, 7) is 4.16. The summed E-state index contributed by atoms with van der Waals surface area (Å²) in [7, 11) is 0. The third-order valence-corrected chi connectivity index (χ3v) is 3.96. The van der Waals surface area contributed by atoms with E-state index in [1.54, 1.807) is 11.3 Å². The molecule has 20 heavy (non-hydrogen) atoms. The van der Waals surface area contributed by atoms with Crippen LogP contribution in [0.15, 0.2) is 29.6 Å². The maximum Gasteiger partial charge on any atom is 0.276 e. The minimum atomic E-state index is -0.478. The summed E-state index contributed by atoms with van der Waals surface area (Å²) in [4.78, 5) is 15.6. The normalized spacial score (nSPS) is 12.4. The number of nitrogens with one attached hydrogen (secondary N) is 1. The Morgan fingerprint density at radius 1 is 1.45 bits per heavy atom. The molecule has 1 atom stereocenters. The van der Waals surface area contributed by atoms with Gasteiger partial charge in [0.2, 0.25) is 0 Å². The van der Waals surface area contributed by atoms with Crippen molar-refractivity contribution >= 4 is 34.4 Å². The molecule has 0 saturated carbocycles. The van der Waals surface area contributed by atoms with Gasteiger partial charge in [-0.15, -0.1) is 11.3 Å². The van der Waals surface area contributed by atoms with E-state index in [0.717, 1.165) is 4.88 Å². The molecule has 0 radical (unpaired) electrons. The lowest BCUT2D eigenvalue weighted by atomic mass is 10.0. The molecule has 0 aromatic carbocycles. The van der Waals surface area contributed by atoms with Crippen LogP contribution in [0.1, 0.15) is 24.8 Å². The van der Waals surface area contributed by atoms with Gasteiger partial charge in [0.05, 0.1) is 23.1 Å². The van der Waals surface area contributed by atoms with Crippen LogP contribution in [0.3, 0.4) is 0 Å². The highest BCUT2D eigenvalue weighted by Gasteiger charge is 2.19. The van der Waals surface area contributed by atoms with Crippen LogP contribution in [0.4, 0.5) is 11.5 Å². The molecule has 2 aromatic heterocycles. The van der Waals surface area contributed by atoms with Crippen molar-refractivity contribution < 1.29 is 4.92 Å². The third-order valence-electron chi connectivity index (χ3n) is 2.81. The van der Waals surface area contributed by atoms with Gasteiger partial charge in [0.1, 0.15) is 11.0 Å². The second-order valence-corrected chi connectivity index (χ2v) is 6.04. The maximum atomic E-state index is 10.8. The van der Waals surface area contributed by atoms with Crippen LogP contribution in [0, 0.1) is 16.0 Å². The van der Waals surface area contributed by atoms with Crippen molar-refractivity contribution in [3.63, 3.8) is 0 Å². The quantitative estimate of drug-likeness (QED) is 0.501. The first-order chi connectivity index (χ1) is 9.47. The number of hydrogen-bond donors (Lipinski definition) is 1.